The Bertz CT molecular complexity index is 1570. The van der Waals surface area contributed by atoms with Crippen LogP contribution in [0.15, 0.2) is 30.7 Å². The van der Waals surface area contributed by atoms with Crippen LogP contribution in [0.5, 0.6) is 11.5 Å². The zero-order valence-electron chi connectivity index (χ0n) is 28.8. The maximum Gasteiger partial charge on any atom is 0.258 e. The molecule has 4 heterocycles. The van der Waals surface area contributed by atoms with Crippen molar-refractivity contribution in [3.05, 3.63) is 42.1 Å². The number of ether oxygens (including phenoxy) is 2. The first-order valence-electron chi connectivity index (χ1n) is 17.6. The van der Waals surface area contributed by atoms with E-state index >= 15 is 0 Å². The van der Waals surface area contributed by atoms with E-state index in [1.807, 2.05) is 18.7 Å². The van der Waals surface area contributed by atoms with Crippen LogP contribution in [0.2, 0.25) is 0 Å². The molecule has 15 heteroatoms. The van der Waals surface area contributed by atoms with Crippen molar-refractivity contribution in [2.75, 3.05) is 50.0 Å². The number of carbonyl (C=O) groups excluding carboxylic acids is 1. The number of likely N-dealkylation sites (tertiary alicyclic amines) is 1. The quantitative estimate of drug-likeness (QED) is 0.315. The fourth-order valence-corrected chi connectivity index (χ4v) is 9.23. The first-order valence-corrected chi connectivity index (χ1v) is 20.5. The van der Waals surface area contributed by atoms with Gasteiger partial charge in [-0.15, -0.1) is 18.5 Å². The molecule has 3 aliphatic heterocycles. The van der Waals surface area contributed by atoms with Gasteiger partial charge in [0.05, 0.1) is 30.2 Å². The van der Waals surface area contributed by atoms with Crippen molar-refractivity contribution in [2.24, 2.45) is 11.3 Å². The third kappa shape index (κ3) is 8.56. The van der Waals surface area contributed by atoms with Crippen LogP contribution in [0.1, 0.15) is 69.7 Å². The summed E-state index contributed by atoms with van der Waals surface area (Å²) in [6, 6.07) is 4.04. The van der Waals surface area contributed by atoms with Gasteiger partial charge in [0.15, 0.2) is 11.6 Å². The second-order valence-electron chi connectivity index (χ2n) is 14.6. The highest BCUT2D eigenvalue weighted by atomic mass is 32.2. The maximum absolute atomic E-state index is 14.6. The lowest BCUT2D eigenvalue weighted by molar-refractivity contribution is -0.0299. The zero-order chi connectivity index (χ0) is 34.9. The highest BCUT2D eigenvalue weighted by Crippen LogP contribution is 2.46. The van der Waals surface area contributed by atoms with Crippen molar-refractivity contribution < 1.29 is 27.1 Å². The van der Waals surface area contributed by atoms with Gasteiger partial charge in [0.2, 0.25) is 10.0 Å². The summed E-state index contributed by atoms with van der Waals surface area (Å²) >= 11 is 0. The molecule has 4 fully saturated rings. The van der Waals surface area contributed by atoms with Crippen LogP contribution in [-0.2, 0) is 14.8 Å². The average Bonchev–Trinajstić information content (AvgIpc) is 3.03. The number of piperidine rings is 1. The zero-order valence-corrected chi connectivity index (χ0v) is 31.9. The predicted molar refractivity (Wildman–Crippen MR) is 195 cm³/mol. The molecule has 1 aromatic carbocycles. The molecule has 1 aromatic heterocycles. The van der Waals surface area contributed by atoms with Crippen LogP contribution in [0.25, 0.3) is 0 Å². The first kappa shape index (κ1) is 36.8. The van der Waals surface area contributed by atoms with Gasteiger partial charge in [-0.05, 0) is 102 Å². The predicted octanol–water partition coefficient (Wildman–Crippen LogP) is 4.50. The number of halogens is 1. The number of carbonyl (C=O) groups is 1. The largest absolute Gasteiger partial charge is 0.451 e. The van der Waals surface area contributed by atoms with Crippen LogP contribution in [-0.4, -0.2) is 109 Å². The van der Waals surface area contributed by atoms with Gasteiger partial charge in [-0.25, -0.2) is 27.5 Å². The molecule has 49 heavy (non-hydrogen) atoms. The van der Waals surface area contributed by atoms with Crippen molar-refractivity contribution in [3.8, 4) is 11.5 Å². The number of rotatable bonds is 12. The number of benzene rings is 1. The van der Waals surface area contributed by atoms with E-state index in [0.29, 0.717) is 35.2 Å². The van der Waals surface area contributed by atoms with Crippen LogP contribution < -0.4 is 14.4 Å². The van der Waals surface area contributed by atoms with Crippen molar-refractivity contribution in [3.63, 3.8) is 0 Å². The second kappa shape index (κ2) is 15.3. The molecule has 270 valence electrons. The number of aromatic nitrogens is 2. The molecule has 0 radical (unpaired) electrons. The second-order valence-corrected chi connectivity index (χ2v) is 19.0. The van der Waals surface area contributed by atoms with Gasteiger partial charge in [-0.3, -0.25) is 4.79 Å². The fourth-order valence-electron chi connectivity index (χ4n) is 7.74. The van der Waals surface area contributed by atoms with Crippen LogP contribution in [0.3, 0.4) is 0 Å². The van der Waals surface area contributed by atoms with E-state index in [9.17, 15) is 17.6 Å². The summed E-state index contributed by atoms with van der Waals surface area (Å²) in [5.74, 6) is 1.29. The molecule has 1 spiro atoms. The van der Waals surface area contributed by atoms with Crippen molar-refractivity contribution >= 4 is 40.2 Å². The number of hydrogen-bond acceptors (Lipinski definition) is 9. The van der Waals surface area contributed by atoms with Gasteiger partial charge in [0.1, 0.15) is 17.9 Å². The minimum atomic E-state index is -3.23. The molecule has 1 amide bonds. The molecule has 4 atom stereocenters. The Morgan fingerprint density at radius 1 is 1.18 bits per heavy atom. The van der Waals surface area contributed by atoms with E-state index in [2.05, 4.69) is 43.0 Å². The van der Waals surface area contributed by atoms with E-state index in [-0.39, 0.29) is 46.9 Å². The van der Waals surface area contributed by atoms with Gasteiger partial charge in [0, 0.05) is 43.2 Å². The van der Waals surface area contributed by atoms with Gasteiger partial charge in [-0.1, -0.05) is 0 Å². The lowest BCUT2D eigenvalue weighted by Crippen LogP contribution is -2.61. The lowest BCUT2D eigenvalue weighted by atomic mass is 9.72. The first-order chi connectivity index (χ1) is 23.3. The average molecular weight is 737 g/mol. The van der Waals surface area contributed by atoms with Crippen LogP contribution in [0.4, 0.5) is 10.2 Å². The molecule has 11 nitrogen and oxygen atoms in total. The van der Waals surface area contributed by atoms with E-state index in [4.69, 9.17) is 9.47 Å². The molecule has 1 saturated carbocycles. The summed E-state index contributed by atoms with van der Waals surface area (Å²) in [7, 11) is 2.44. The Kier molecular flexibility index (Phi) is 11.5. The highest BCUT2D eigenvalue weighted by molar-refractivity contribution is 7.89. The van der Waals surface area contributed by atoms with Crippen molar-refractivity contribution in [1.82, 2.24) is 24.5 Å². The number of nitrogens with one attached hydrogen (secondary N) is 1. The van der Waals surface area contributed by atoms with E-state index in [1.165, 1.54) is 24.5 Å². The van der Waals surface area contributed by atoms with E-state index < -0.39 is 15.8 Å². The molecule has 2 aromatic rings. The topological polar surface area (TPSA) is 117 Å². The minimum Gasteiger partial charge on any atom is -0.451 e. The summed E-state index contributed by atoms with van der Waals surface area (Å²) in [5.41, 5.74) is 0.394. The SMILES string of the molecule is CCS(=O)(=O)NC1CC[C@@H](CN2CCC3(CC2)CN(c2ncncc2Oc2ccc(F)cc2C(=O)N(C(C)C)C2CC(C(P)P)C2)C3)OC1. The smallest absolute Gasteiger partial charge is 0.258 e. The Hall–Kier alpha value is -2.01. The highest BCUT2D eigenvalue weighted by Gasteiger charge is 2.46. The van der Waals surface area contributed by atoms with Gasteiger partial charge >= 0.3 is 0 Å². The van der Waals surface area contributed by atoms with Gasteiger partial charge in [0.25, 0.3) is 5.91 Å². The number of nitrogens with zero attached hydrogens (tertiary/aromatic N) is 5. The molecule has 1 N–H and O–H groups in total. The Morgan fingerprint density at radius 2 is 1.92 bits per heavy atom. The summed E-state index contributed by atoms with van der Waals surface area (Å²) in [4.78, 5) is 29.3. The Morgan fingerprint density at radius 3 is 2.55 bits per heavy atom. The summed E-state index contributed by atoms with van der Waals surface area (Å²) in [5, 5.41) is 0.405. The maximum atomic E-state index is 14.6. The standard InChI is InChI=1S/C34H51FN6O5P2S/c1-4-49(43,44)38-25-6-7-27(45-18-25)17-39-11-9-34(10-12-39)19-40(20-34)31-30(16-36-21-37-31)46-29-8-5-24(35)15-28(29)32(42)41(22(2)3)26-13-23(14-26)33(47)48/h5,8,15-16,21-23,25-27,33,38H,4,6-7,9-14,17-20,47-48H2,1-3H3/t23?,25?,26?,27-/m0/s1. The minimum absolute atomic E-state index is 0.0436. The number of sulfonamides is 1. The Balaban J connectivity index is 1.05. The molecule has 0 bridgehead atoms. The molecule has 4 aliphatic rings. The third-order valence-electron chi connectivity index (χ3n) is 10.8. The Labute approximate surface area is 294 Å². The van der Waals surface area contributed by atoms with Gasteiger partial charge in [-0.2, -0.15) is 0 Å². The van der Waals surface area contributed by atoms with Gasteiger partial charge < -0.3 is 24.2 Å². The third-order valence-corrected chi connectivity index (χ3v) is 13.3. The van der Waals surface area contributed by atoms with Crippen LogP contribution >= 0.6 is 18.5 Å². The molecule has 3 unspecified atom stereocenters. The molecule has 6 rings (SSSR count). The number of hydrogen-bond donors (Lipinski definition) is 1. The van der Waals surface area contributed by atoms with E-state index in [0.717, 1.165) is 71.2 Å². The normalized spacial score (nSPS) is 25.7. The summed E-state index contributed by atoms with van der Waals surface area (Å²) in [6.45, 7) is 10.6. The van der Waals surface area contributed by atoms with Crippen LogP contribution in [0, 0.1) is 17.2 Å². The van der Waals surface area contributed by atoms with Crippen molar-refractivity contribution in [2.45, 2.75) is 88.9 Å². The molecular weight excluding hydrogens is 685 g/mol. The number of anilines is 1. The van der Waals surface area contributed by atoms with Crippen molar-refractivity contribution in [1.29, 1.82) is 0 Å². The molecule has 3 saturated heterocycles. The fraction of sp³-hybridized carbons (Fsp3) is 0.676. The summed E-state index contributed by atoms with van der Waals surface area (Å²) < 4.78 is 53.6. The molecular formula is C34H51FN6O5P2S. The monoisotopic (exact) mass is 736 g/mol. The van der Waals surface area contributed by atoms with E-state index in [1.54, 1.807) is 13.1 Å². The number of amides is 1. The lowest BCUT2D eigenvalue weighted by Gasteiger charge is -2.54. The molecule has 1 aliphatic carbocycles. The summed E-state index contributed by atoms with van der Waals surface area (Å²) in [6.07, 6.45) is 8.84.